The minimum atomic E-state index is -4.86. The van der Waals surface area contributed by atoms with Gasteiger partial charge in [0.25, 0.3) is 0 Å². The van der Waals surface area contributed by atoms with E-state index in [0.717, 1.165) is 37.1 Å². The summed E-state index contributed by atoms with van der Waals surface area (Å²) in [6.07, 6.45) is -2.79. The molecule has 13 heteroatoms. The van der Waals surface area contributed by atoms with Crippen LogP contribution in [0.15, 0.2) is 47.4 Å². The van der Waals surface area contributed by atoms with E-state index in [2.05, 4.69) is 16.1 Å². The highest BCUT2D eigenvalue weighted by atomic mass is 32.2. The Hall–Kier alpha value is -3.63. The number of benzene rings is 2. The number of ether oxygens (including phenoxy) is 1. The highest BCUT2D eigenvalue weighted by molar-refractivity contribution is 7.89. The van der Waals surface area contributed by atoms with Gasteiger partial charge in [-0.1, -0.05) is 0 Å². The predicted molar refractivity (Wildman–Crippen MR) is 125 cm³/mol. The lowest BCUT2D eigenvalue weighted by molar-refractivity contribution is -0.274. The number of alkyl halides is 3. The predicted octanol–water partition coefficient (Wildman–Crippen LogP) is 3.49. The van der Waals surface area contributed by atoms with E-state index in [1.54, 1.807) is 18.2 Å². The van der Waals surface area contributed by atoms with E-state index in [1.165, 1.54) is 4.31 Å². The molecule has 0 bridgehead atoms. The van der Waals surface area contributed by atoms with E-state index in [9.17, 15) is 26.9 Å². The van der Waals surface area contributed by atoms with Crippen LogP contribution in [0, 0.1) is 11.3 Å². The number of piperazine rings is 1. The molecular weight excluding hydrogens is 497 g/mol. The first-order valence-corrected chi connectivity index (χ1v) is 12.7. The number of sulfonamides is 1. The average Bonchev–Trinajstić information content (AvgIpc) is 3.67. The van der Waals surface area contributed by atoms with Gasteiger partial charge in [-0.3, -0.25) is 0 Å². The molecule has 1 N–H and O–H groups in total. The molecule has 2 aliphatic rings. The molecule has 2 heterocycles. The van der Waals surface area contributed by atoms with Crippen LogP contribution in [0.5, 0.6) is 5.75 Å². The first-order valence-electron chi connectivity index (χ1n) is 11.2. The van der Waals surface area contributed by atoms with Gasteiger partial charge in [0.05, 0.1) is 27.6 Å². The first-order chi connectivity index (χ1) is 17.1. The molecule has 1 saturated carbocycles. The standard InChI is InChI=1S/C23H21F3N6O3S/c24-23(25,26)35-17-4-6-18(7-5-17)36(33,34)32-11-9-31(10-12-32)22-21(28-16-2-3-16)29-19-8-1-15(14-27)13-20(19)30-22/h1,4-8,13,16H,2-3,9-12H2,(H,28,29). The molecule has 1 aromatic heterocycles. The van der Waals surface area contributed by atoms with Crippen molar-refractivity contribution in [2.75, 3.05) is 36.4 Å². The largest absolute Gasteiger partial charge is 0.573 e. The minimum absolute atomic E-state index is 0.115. The summed E-state index contributed by atoms with van der Waals surface area (Å²) in [4.78, 5) is 11.3. The van der Waals surface area contributed by atoms with Crippen molar-refractivity contribution in [3.8, 4) is 11.8 Å². The van der Waals surface area contributed by atoms with Crippen LogP contribution in [0.2, 0.25) is 0 Å². The molecule has 0 radical (unpaired) electrons. The Morgan fingerprint density at radius 3 is 2.31 bits per heavy atom. The normalized spacial score (nSPS) is 17.1. The van der Waals surface area contributed by atoms with Gasteiger partial charge in [-0.05, 0) is 55.3 Å². The summed E-state index contributed by atoms with van der Waals surface area (Å²) in [5.74, 6) is 0.720. The lowest BCUT2D eigenvalue weighted by atomic mass is 10.2. The highest BCUT2D eigenvalue weighted by Gasteiger charge is 2.33. The van der Waals surface area contributed by atoms with Crippen LogP contribution in [0.3, 0.4) is 0 Å². The lowest BCUT2D eigenvalue weighted by Gasteiger charge is -2.35. The molecule has 1 aliphatic heterocycles. The number of nitrogens with one attached hydrogen (secondary N) is 1. The molecule has 2 fully saturated rings. The molecule has 0 unspecified atom stereocenters. The number of nitrogens with zero attached hydrogens (tertiary/aromatic N) is 5. The van der Waals surface area contributed by atoms with E-state index in [1.807, 2.05) is 4.90 Å². The van der Waals surface area contributed by atoms with Crippen LogP contribution < -0.4 is 15.0 Å². The zero-order valence-corrected chi connectivity index (χ0v) is 19.7. The Kier molecular flexibility index (Phi) is 6.09. The summed E-state index contributed by atoms with van der Waals surface area (Å²) in [6, 6.07) is 11.7. The molecule has 36 heavy (non-hydrogen) atoms. The van der Waals surface area contributed by atoms with E-state index in [0.29, 0.717) is 47.4 Å². The van der Waals surface area contributed by atoms with E-state index >= 15 is 0 Å². The molecule has 0 atom stereocenters. The second-order valence-electron chi connectivity index (χ2n) is 8.54. The van der Waals surface area contributed by atoms with E-state index in [-0.39, 0.29) is 18.0 Å². The maximum atomic E-state index is 13.1. The Morgan fingerprint density at radius 1 is 1.00 bits per heavy atom. The number of fused-ring (bicyclic) bond motifs is 1. The average molecular weight is 519 g/mol. The third kappa shape index (κ3) is 5.14. The fourth-order valence-electron chi connectivity index (χ4n) is 3.96. The first kappa shape index (κ1) is 24.1. The Labute approximate surface area is 205 Å². The molecule has 9 nitrogen and oxygen atoms in total. The summed E-state index contributed by atoms with van der Waals surface area (Å²) >= 11 is 0. The fourth-order valence-corrected chi connectivity index (χ4v) is 5.38. The van der Waals surface area contributed by atoms with Gasteiger partial charge in [0.15, 0.2) is 11.6 Å². The third-order valence-electron chi connectivity index (χ3n) is 5.93. The molecule has 1 saturated heterocycles. The zero-order valence-electron chi connectivity index (χ0n) is 18.9. The molecule has 3 aromatic rings. The van der Waals surface area contributed by atoms with Gasteiger partial charge in [-0.15, -0.1) is 13.2 Å². The Morgan fingerprint density at radius 2 is 1.69 bits per heavy atom. The number of hydrogen-bond donors (Lipinski definition) is 1. The van der Waals surface area contributed by atoms with Gasteiger partial charge in [0, 0.05) is 32.2 Å². The van der Waals surface area contributed by atoms with Gasteiger partial charge in [-0.2, -0.15) is 9.57 Å². The molecular formula is C23H21F3N6O3S. The second kappa shape index (κ2) is 9.11. The number of rotatable bonds is 6. The van der Waals surface area contributed by atoms with Crippen molar-refractivity contribution in [1.82, 2.24) is 14.3 Å². The number of hydrogen-bond acceptors (Lipinski definition) is 8. The zero-order chi connectivity index (χ0) is 25.5. The van der Waals surface area contributed by atoms with Crippen molar-refractivity contribution in [2.45, 2.75) is 30.1 Å². The van der Waals surface area contributed by atoms with Gasteiger partial charge < -0.3 is 15.0 Å². The third-order valence-corrected chi connectivity index (χ3v) is 7.84. The summed E-state index contributed by atoms with van der Waals surface area (Å²) < 4.78 is 68.4. The van der Waals surface area contributed by atoms with Crippen molar-refractivity contribution >= 4 is 32.7 Å². The van der Waals surface area contributed by atoms with Gasteiger partial charge in [-0.25, -0.2) is 18.4 Å². The van der Waals surface area contributed by atoms with Gasteiger partial charge in [0.1, 0.15) is 5.75 Å². The molecule has 1 aliphatic carbocycles. The van der Waals surface area contributed by atoms with Crippen molar-refractivity contribution in [2.24, 2.45) is 0 Å². The quantitative estimate of drug-likeness (QED) is 0.528. The van der Waals surface area contributed by atoms with E-state index < -0.39 is 22.1 Å². The van der Waals surface area contributed by atoms with Crippen molar-refractivity contribution in [3.05, 3.63) is 48.0 Å². The van der Waals surface area contributed by atoms with Crippen LogP contribution in [-0.2, 0) is 10.0 Å². The van der Waals surface area contributed by atoms with Crippen molar-refractivity contribution < 1.29 is 26.3 Å². The molecule has 5 rings (SSSR count). The summed E-state index contributed by atoms with van der Waals surface area (Å²) in [7, 11) is -3.91. The highest BCUT2D eigenvalue weighted by Crippen LogP contribution is 2.32. The number of nitriles is 1. The topological polar surface area (TPSA) is 111 Å². The summed E-state index contributed by atoms with van der Waals surface area (Å²) in [5.41, 5.74) is 1.69. The maximum Gasteiger partial charge on any atom is 0.573 e. The number of anilines is 2. The fraction of sp³-hybridized carbons (Fsp3) is 0.348. The molecule has 0 spiro atoms. The van der Waals surface area contributed by atoms with Gasteiger partial charge >= 0.3 is 6.36 Å². The monoisotopic (exact) mass is 518 g/mol. The van der Waals surface area contributed by atoms with Crippen LogP contribution in [-0.4, -0.2) is 61.3 Å². The van der Waals surface area contributed by atoms with Crippen LogP contribution in [0.4, 0.5) is 24.8 Å². The summed E-state index contributed by atoms with van der Waals surface area (Å²) in [5, 5.41) is 12.6. The smallest absolute Gasteiger partial charge is 0.406 e. The minimum Gasteiger partial charge on any atom is -0.406 e. The SMILES string of the molecule is N#Cc1ccc2nc(NC3CC3)c(N3CCN(S(=O)(=O)c4ccc(OC(F)(F)F)cc4)CC3)nc2c1. The maximum absolute atomic E-state index is 13.1. The molecule has 188 valence electrons. The Bertz CT molecular complexity index is 1430. The molecule has 2 aromatic carbocycles. The van der Waals surface area contributed by atoms with Crippen LogP contribution >= 0.6 is 0 Å². The van der Waals surface area contributed by atoms with E-state index in [4.69, 9.17) is 9.97 Å². The van der Waals surface area contributed by atoms with Crippen molar-refractivity contribution in [1.29, 1.82) is 5.26 Å². The second-order valence-corrected chi connectivity index (χ2v) is 10.5. The Balaban J connectivity index is 1.34. The number of aromatic nitrogens is 2. The number of halogens is 3. The lowest BCUT2D eigenvalue weighted by Crippen LogP contribution is -2.49. The van der Waals surface area contributed by atoms with Crippen LogP contribution in [0.25, 0.3) is 11.0 Å². The molecule has 0 amide bonds. The van der Waals surface area contributed by atoms with Gasteiger partial charge in [0.2, 0.25) is 10.0 Å². The summed E-state index contributed by atoms with van der Waals surface area (Å²) in [6.45, 7) is 0.992. The van der Waals surface area contributed by atoms with Crippen molar-refractivity contribution in [3.63, 3.8) is 0 Å². The van der Waals surface area contributed by atoms with Crippen LogP contribution in [0.1, 0.15) is 18.4 Å².